The Bertz CT molecular complexity index is 1450. The molecule has 0 aliphatic heterocycles. The molecule has 1 amide bonds. The number of sulfonamides is 1. The van der Waals surface area contributed by atoms with Crippen LogP contribution in [-0.4, -0.2) is 69.0 Å². The van der Waals surface area contributed by atoms with E-state index in [2.05, 4.69) is 4.98 Å². The van der Waals surface area contributed by atoms with E-state index in [1.165, 1.54) is 23.5 Å². The zero-order valence-corrected chi connectivity index (χ0v) is 22.5. The van der Waals surface area contributed by atoms with Gasteiger partial charge in [-0.2, -0.15) is 4.31 Å². The number of hydrogen-bond acceptors (Lipinski definition) is 5. The van der Waals surface area contributed by atoms with Gasteiger partial charge in [0, 0.05) is 49.4 Å². The summed E-state index contributed by atoms with van der Waals surface area (Å²) in [5.74, 6) is 0.372. The van der Waals surface area contributed by atoms with Crippen LogP contribution in [0, 0.1) is 0 Å². The maximum absolute atomic E-state index is 13.8. The van der Waals surface area contributed by atoms with Crippen LogP contribution in [0.5, 0.6) is 5.75 Å². The highest BCUT2D eigenvalue weighted by Crippen LogP contribution is 2.22. The van der Waals surface area contributed by atoms with E-state index in [4.69, 9.17) is 9.47 Å². The molecule has 200 valence electrons. The van der Waals surface area contributed by atoms with Gasteiger partial charge in [-0.1, -0.05) is 54.6 Å². The SMILES string of the molecule is COCCN(CC(=O)N(CCc1c[nH]c2ccccc12)Cc1ccccc1OC)S(=O)(=O)c1ccccc1. The van der Waals surface area contributed by atoms with E-state index in [1.807, 2.05) is 54.7 Å². The van der Waals surface area contributed by atoms with Gasteiger partial charge in [-0.3, -0.25) is 4.79 Å². The zero-order chi connectivity index (χ0) is 27.0. The molecule has 0 unspecified atom stereocenters. The van der Waals surface area contributed by atoms with Crippen LogP contribution in [0.2, 0.25) is 0 Å². The van der Waals surface area contributed by atoms with Crippen LogP contribution in [0.25, 0.3) is 10.9 Å². The molecule has 1 heterocycles. The smallest absolute Gasteiger partial charge is 0.243 e. The van der Waals surface area contributed by atoms with Crippen LogP contribution < -0.4 is 4.74 Å². The molecule has 0 aliphatic rings. The fraction of sp³-hybridized carbons (Fsp3) is 0.276. The second kappa shape index (κ2) is 12.7. The van der Waals surface area contributed by atoms with E-state index < -0.39 is 10.0 Å². The Morgan fingerprint density at radius 3 is 2.34 bits per heavy atom. The van der Waals surface area contributed by atoms with Gasteiger partial charge in [0.05, 0.1) is 25.2 Å². The highest BCUT2D eigenvalue weighted by Gasteiger charge is 2.28. The van der Waals surface area contributed by atoms with Crippen molar-refractivity contribution in [2.45, 2.75) is 17.9 Å². The van der Waals surface area contributed by atoms with E-state index in [0.29, 0.717) is 18.7 Å². The Morgan fingerprint density at radius 1 is 0.868 bits per heavy atom. The topological polar surface area (TPSA) is 91.9 Å². The Labute approximate surface area is 223 Å². The normalized spacial score (nSPS) is 11.7. The summed E-state index contributed by atoms with van der Waals surface area (Å²) in [6, 6.07) is 23.7. The van der Waals surface area contributed by atoms with Crippen molar-refractivity contribution in [3.05, 3.63) is 96.2 Å². The third kappa shape index (κ3) is 6.42. The first kappa shape index (κ1) is 27.4. The van der Waals surface area contributed by atoms with Crippen molar-refractivity contribution in [3.63, 3.8) is 0 Å². The second-order valence-electron chi connectivity index (χ2n) is 8.88. The summed E-state index contributed by atoms with van der Waals surface area (Å²) < 4.78 is 38.7. The van der Waals surface area contributed by atoms with Crippen molar-refractivity contribution < 1.29 is 22.7 Å². The fourth-order valence-corrected chi connectivity index (χ4v) is 5.79. The molecule has 9 heteroatoms. The van der Waals surface area contributed by atoms with E-state index >= 15 is 0 Å². The van der Waals surface area contributed by atoms with Crippen molar-refractivity contribution in [1.82, 2.24) is 14.2 Å². The van der Waals surface area contributed by atoms with Crippen LogP contribution in [0.15, 0.2) is 90.0 Å². The number of carbonyl (C=O) groups excluding carboxylic acids is 1. The Balaban J connectivity index is 1.60. The number of benzene rings is 3. The molecule has 0 spiro atoms. The van der Waals surface area contributed by atoms with E-state index in [9.17, 15) is 13.2 Å². The Hall–Kier alpha value is -3.66. The van der Waals surface area contributed by atoms with Crippen LogP contribution in [0.1, 0.15) is 11.1 Å². The maximum atomic E-state index is 13.8. The van der Waals surface area contributed by atoms with Crippen LogP contribution in [0.4, 0.5) is 0 Å². The van der Waals surface area contributed by atoms with Gasteiger partial charge >= 0.3 is 0 Å². The summed E-state index contributed by atoms with van der Waals surface area (Å²) in [6.07, 6.45) is 2.57. The predicted octanol–water partition coefficient (Wildman–Crippen LogP) is 4.09. The lowest BCUT2D eigenvalue weighted by Gasteiger charge is -2.28. The van der Waals surface area contributed by atoms with Gasteiger partial charge in [-0.05, 0) is 36.2 Å². The number of nitrogens with zero attached hydrogens (tertiary/aromatic N) is 2. The molecular weight excluding hydrogens is 502 g/mol. The summed E-state index contributed by atoms with van der Waals surface area (Å²) in [7, 11) is -0.801. The summed E-state index contributed by atoms with van der Waals surface area (Å²) >= 11 is 0. The highest BCUT2D eigenvalue weighted by molar-refractivity contribution is 7.89. The molecular formula is C29H33N3O5S. The number of hydrogen-bond donors (Lipinski definition) is 1. The van der Waals surface area contributed by atoms with E-state index in [-0.39, 0.29) is 37.0 Å². The zero-order valence-electron chi connectivity index (χ0n) is 21.7. The van der Waals surface area contributed by atoms with Crippen LogP contribution in [-0.2, 0) is 32.5 Å². The number of H-pyrrole nitrogens is 1. The average Bonchev–Trinajstić information content (AvgIpc) is 3.36. The lowest BCUT2D eigenvalue weighted by Crippen LogP contribution is -2.44. The number of nitrogens with one attached hydrogen (secondary N) is 1. The van der Waals surface area contributed by atoms with Crippen molar-refractivity contribution in [2.75, 3.05) is 40.5 Å². The quantitative estimate of drug-likeness (QED) is 0.279. The molecule has 0 aliphatic carbocycles. The van der Waals surface area contributed by atoms with Gasteiger partial charge in [0.15, 0.2) is 0 Å². The molecule has 4 aromatic rings. The van der Waals surface area contributed by atoms with Gasteiger partial charge in [0.2, 0.25) is 15.9 Å². The largest absolute Gasteiger partial charge is 0.496 e. The van der Waals surface area contributed by atoms with Crippen LogP contribution in [0.3, 0.4) is 0 Å². The predicted molar refractivity (Wildman–Crippen MR) is 147 cm³/mol. The number of rotatable bonds is 13. The molecule has 0 fully saturated rings. The first-order valence-corrected chi connectivity index (χ1v) is 13.9. The van der Waals surface area contributed by atoms with E-state index in [0.717, 1.165) is 22.0 Å². The van der Waals surface area contributed by atoms with Crippen LogP contribution >= 0.6 is 0 Å². The number of carbonyl (C=O) groups is 1. The number of aromatic amines is 1. The minimum Gasteiger partial charge on any atom is -0.496 e. The van der Waals surface area contributed by atoms with E-state index in [1.54, 1.807) is 30.2 Å². The van der Waals surface area contributed by atoms with Gasteiger partial charge < -0.3 is 19.4 Å². The van der Waals surface area contributed by atoms with Gasteiger partial charge in [-0.15, -0.1) is 0 Å². The first-order chi connectivity index (χ1) is 18.4. The van der Waals surface area contributed by atoms with Crippen molar-refractivity contribution in [2.24, 2.45) is 0 Å². The second-order valence-corrected chi connectivity index (χ2v) is 10.8. The maximum Gasteiger partial charge on any atom is 0.243 e. The summed E-state index contributed by atoms with van der Waals surface area (Å²) in [5, 5.41) is 1.10. The molecule has 0 bridgehead atoms. The molecule has 1 aromatic heterocycles. The molecule has 0 saturated heterocycles. The number of aromatic nitrogens is 1. The molecule has 0 atom stereocenters. The number of para-hydroxylation sites is 2. The monoisotopic (exact) mass is 535 g/mol. The van der Waals surface area contributed by atoms with Gasteiger partial charge in [0.25, 0.3) is 0 Å². The average molecular weight is 536 g/mol. The standard InChI is InChI=1S/C29H33N3O5S/c1-36-19-18-32(38(34,35)25-11-4-3-5-12-25)22-29(33)31(21-24-10-6-9-15-28(24)37-2)17-16-23-20-30-27-14-8-7-13-26(23)27/h3-15,20,30H,16-19,21-22H2,1-2H3. The van der Waals surface area contributed by atoms with Crippen molar-refractivity contribution in [3.8, 4) is 5.75 Å². The lowest BCUT2D eigenvalue weighted by atomic mass is 10.1. The lowest BCUT2D eigenvalue weighted by molar-refractivity contribution is -0.132. The Morgan fingerprint density at radius 2 is 1.58 bits per heavy atom. The molecule has 38 heavy (non-hydrogen) atoms. The molecule has 3 aromatic carbocycles. The third-order valence-corrected chi connectivity index (χ3v) is 8.33. The number of fused-ring (bicyclic) bond motifs is 1. The molecule has 1 N–H and O–H groups in total. The number of ether oxygens (including phenoxy) is 2. The van der Waals surface area contributed by atoms with Gasteiger partial charge in [0.1, 0.15) is 5.75 Å². The van der Waals surface area contributed by atoms with Crippen molar-refractivity contribution in [1.29, 1.82) is 0 Å². The Kier molecular flexibility index (Phi) is 9.17. The minimum atomic E-state index is -3.90. The summed E-state index contributed by atoms with van der Waals surface area (Å²) in [5.41, 5.74) is 2.97. The highest BCUT2D eigenvalue weighted by atomic mass is 32.2. The molecule has 0 radical (unpaired) electrons. The molecule has 8 nitrogen and oxygen atoms in total. The minimum absolute atomic E-state index is 0.0599. The summed E-state index contributed by atoms with van der Waals surface area (Å²) in [4.78, 5) is 18.9. The van der Waals surface area contributed by atoms with Crippen molar-refractivity contribution >= 4 is 26.8 Å². The fourth-order valence-electron chi connectivity index (χ4n) is 4.39. The molecule has 4 rings (SSSR count). The van der Waals surface area contributed by atoms with Gasteiger partial charge in [-0.25, -0.2) is 8.42 Å². The first-order valence-electron chi connectivity index (χ1n) is 12.4. The number of amides is 1. The summed E-state index contributed by atoms with van der Waals surface area (Å²) in [6.45, 7) is 0.617. The number of methoxy groups -OCH3 is 2. The third-order valence-electron chi connectivity index (χ3n) is 6.47. The molecule has 0 saturated carbocycles.